The molecule has 1 aromatic rings. The van der Waals surface area contributed by atoms with Gasteiger partial charge in [-0.25, -0.2) is 0 Å². The van der Waals surface area contributed by atoms with Crippen LogP contribution in [-0.2, 0) is 0 Å². The van der Waals surface area contributed by atoms with Crippen molar-refractivity contribution in [1.82, 2.24) is 0 Å². The molecule has 1 aliphatic rings. The minimum absolute atomic E-state index is 0.423. The van der Waals surface area contributed by atoms with Crippen LogP contribution in [0.25, 0.3) is 0 Å². The van der Waals surface area contributed by atoms with E-state index < -0.39 is 0 Å². The van der Waals surface area contributed by atoms with Crippen LogP contribution in [0.1, 0.15) is 38.7 Å². The van der Waals surface area contributed by atoms with Gasteiger partial charge in [-0.15, -0.1) is 0 Å². The highest BCUT2D eigenvalue weighted by Gasteiger charge is 2.28. The molecule has 0 amide bonds. The summed E-state index contributed by atoms with van der Waals surface area (Å²) in [6.45, 7) is 4.61. The molecule has 19 heavy (non-hydrogen) atoms. The fraction of sp³-hybridized carbons (Fsp3) is 0.562. The summed E-state index contributed by atoms with van der Waals surface area (Å²) in [5.41, 5.74) is 1.50. The summed E-state index contributed by atoms with van der Waals surface area (Å²) in [5.74, 6) is 2.10. The summed E-state index contributed by atoms with van der Waals surface area (Å²) in [5, 5.41) is 12.8. The molecule has 3 heteroatoms. The van der Waals surface area contributed by atoms with Gasteiger partial charge in [0.2, 0.25) is 0 Å². The van der Waals surface area contributed by atoms with E-state index in [1.165, 1.54) is 12.8 Å². The van der Waals surface area contributed by atoms with Gasteiger partial charge in [0.1, 0.15) is 11.8 Å². The first-order chi connectivity index (χ1) is 9.17. The van der Waals surface area contributed by atoms with Crippen LogP contribution in [0, 0.1) is 23.2 Å². The third-order valence-corrected chi connectivity index (χ3v) is 4.40. The fourth-order valence-electron chi connectivity index (χ4n) is 2.91. The smallest absolute Gasteiger partial charge is 0.143 e. The van der Waals surface area contributed by atoms with Gasteiger partial charge < -0.3 is 10.1 Å². The SMILES string of the molecule is COc1cccc(C#N)c1NC1CCCC(C)C1C. The Kier molecular flexibility index (Phi) is 4.31. The maximum Gasteiger partial charge on any atom is 0.143 e. The van der Waals surface area contributed by atoms with Gasteiger partial charge in [-0.05, 0) is 30.4 Å². The number of para-hydroxylation sites is 1. The summed E-state index contributed by atoms with van der Waals surface area (Å²) >= 11 is 0. The Morgan fingerprint density at radius 3 is 2.79 bits per heavy atom. The van der Waals surface area contributed by atoms with Gasteiger partial charge >= 0.3 is 0 Å². The molecule has 1 N–H and O–H groups in total. The van der Waals surface area contributed by atoms with Crippen molar-refractivity contribution in [2.75, 3.05) is 12.4 Å². The van der Waals surface area contributed by atoms with E-state index >= 15 is 0 Å². The largest absolute Gasteiger partial charge is 0.495 e. The molecule has 0 bridgehead atoms. The van der Waals surface area contributed by atoms with Crippen LogP contribution >= 0.6 is 0 Å². The highest BCUT2D eigenvalue weighted by Crippen LogP contribution is 2.35. The lowest BCUT2D eigenvalue weighted by Gasteiger charge is -2.35. The van der Waals surface area contributed by atoms with E-state index in [1.54, 1.807) is 7.11 Å². The molecule has 0 spiro atoms. The lowest BCUT2D eigenvalue weighted by atomic mass is 9.78. The number of anilines is 1. The molecule has 0 radical (unpaired) electrons. The molecule has 102 valence electrons. The zero-order valence-corrected chi connectivity index (χ0v) is 11.9. The molecule has 3 atom stereocenters. The Hall–Kier alpha value is -1.69. The number of nitrogens with zero attached hydrogens (tertiary/aromatic N) is 1. The molecule has 1 aromatic carbocycles. The highest BCUT2D eigenvalue weighted by atomic mass is 16.5. The number of rotatable bonds is 3. The average Bonchev–Trinajstić information content (AvgIpc) is 2.44. The first kappa shape index (κ1) is 13.7. The predicted molar refractivity (Wildman–Crippen MR) is 77.3 cm³/mol. The molecule has 0 saturated heterocycles. The normalized spacial score (nSPS) is 26.5. The van der Waals surface area contributed by atoms with Crippen LogP contribution < -0.4 is 10.1 Å². The maximum atomic E-state index is 9.24. The van der Waals surface area contributed by atoms with Crippen molar-refractivity contribution < 1.29 is 4.74 Å². The van der Waals surface area contributed by atoms with E-state index in [4.69, 9.17) is 4.74 Å². The Balaban J connectivity index is 2.25. The Labute approximate surface area is 115 Å². The van der Waals surface area contributed by atoms with Gasteiger partial charge in [-0.3, -0.25) is 0 Å². The number of methoxy groups -OCH3 is 1. The van der Waals surface area contributed by atoms with Gasteiger partial charge in [0, 0.05) is 6.04 Å². The van der Waals surface area contributed by atoms with Crippen molar-refractivity contribution in [3.8, 4) is 11.8 Å². The number of nitriles is 1. The minimum atomic E-state index is 0.423. The molecule has 0 aliphatic heterocycles. The molecule has 3 nitrogen and oxygen atoms in total. The summed E-state index contributed by atoms with van der Waals surface area (Å²) in [7, 11) is 1.65. The topological polar surface area (TPSA) is 45.0 Å². The second kappa shape index (κ2) is 5.97. The second-order valence-corrected chi connectivity index (χ2v) is 5.51. The highest BCUT2D eigenvalue weighted by molar-refractivity contribution is 5.66. The Bertz CT molecular complexity index is 478. The zero-order valence-electron chi connectivity index (χ0n) is 11.9. The number of hydrogen-bond donors (Lipinski definition) is 1. The van der Waals surface area contributed by atoms with Crippen LogP contribution in [0.4, 0.5) is 5.69 Å². The zero-order chi connectivity index (χ0) is 13.8. The number of nitrogens with one attached hydrogen (secondary N) is 1. The molecule has 2 rings (SSSR count). The molecule has 1 aliphatic carbocycles. The summed E-state index contributed by atoms with van der Waals surface area (Å²) < 4.78 is 5.38. The third-order valence-electron chi connectivity index (χ3n) is 4.40. The van der Waals surface area contributed by atoms with Gasteiger partial charge in [-0.2, -0.15) is 5.26 Å². The Morgan fingerprint density at radius 1 is 1.32 bits per heavy atom. The van der Waals surface area contributed by atoms with Crippen molar-refractivity contribution in [3.63, 3.8) is 0 Å². The van der Waals surface area contributed by atoms with E-state index in [0.29, 0.717) is 17.5 Å². The van der Waals surface area contributed by atoms with Crippen LogP contribution in [0.3, 0.4) is 0 Å². The van der Waals surface area contributed by atoms with E-state index in [1.807, 2.05) is 18.2 Å². The molecule has 0 aromatic heterocycles. The monoisotopic (exact) mass is 258 g/mol. The lowest BCUT2D eigenvalue weighted by Crippen LogP contribution is -2.35. The first-order valence-electron chi connectivity index (χ1n) is 7.01. The summed E-state index contributed by atoms with van der Waals surface area (Å²) in [4.78, 5) is 0. The van der Waals surface area contributed by atoms with Crippen molar-refractivity contribution >= 4 is 5.69 Å². The van der Waals surface area contributed by atoms with E-state index in [2.05, 4.69) is 25.2 Å². The average molecular weight is 258 g/mol. The van der Waals surface area contributed by atoms with E-state index in [-0.39, 0.29) is 0 Å². The summed E-state index contributed by atoms with van der Waals surface area (Å²) in [6.07, 6.45) is 3.71. The quantitative estimate of drug-likeness (QED) is 0.896. The van der Waals surface area contributed by atoms with E-state index in [0.717, 1.165) is 23.8 Å². The van der Waals surface area contributed by atoms with Gasteiger partial charge in [-0.1, -0.05) is 32.8 Å². The van der Waals surface area contributed by atoms with E-state index in [9.17, 15) is 5.26 Å². The molecule has 0 heterocycles. The van der Waals surface area contributed by atoms with Crippen LogP contribution in [0.15, 0.2) is 18.2 Å². The van der Waals surface area contributed by atoms with Crippen LogP contribution in [-0.4, -0.2) is 13.2 Å². The standard InChI is InChI=1S/C16H22N2O/c1-11-6-4-8-14(12(11)2)18-16-13(10-17)7-5-9-15(16)19-3/h5,7,9,11-12,14,18H,4,6,8H2,1-3H3. The number of ether oxygens (including phenoxy) is 1. The van der Waals surface area contributed by atoms with Crippen molar-refractivity contribution in [1.29, 1.82) is 5.26 Å². The molecular formula is C16H22N2O. The van der Waals surface area contributed by atoms with Crippen molar-refractivity contribution in [2.24, 2.45) is 11.8 Å². The predicted octanol–water partition coefficient (Wildman–Crippen LogP) is 3.80. The molecule has 3 unspecified atom stereocenters. The van der Waals surface area contributed by atoms with Gasteiger partial charge in [0.15, 0.2) is 0 Å². The molecular weight excluding hydrogens is 236 g/mol. The maximum absolute atomic E-state index is 9.24. The van der Waals surface area contributed by atoms with Crippen LogP contribution in [0.2, 0.25) is 0 Å². The second-order valence-electron chi connectivity index (χ2n) is 5.51. The van der Waals surface area contributed by atoms with Crippen molar-refractivity contribution in [3.05, 3.63) is 23.8 Å². The molecule has 1 saturated carbocycles. The van der Waals surface area contributed by atoms with Crippen LogP contribution in [0.5, 0.6) is 5.75 Å². The number of hydrogen-bond acceptors (Lipinski definition) is 3. The first-order valence-corrected chi connectivity index (χ1v) is 7.01. The Morgan fingerprint density at radius 2 is 2.11 bits per heavy atom. The summed E-state index contributed by atoms with van der Waals surface area (Å²) in [6, 6.07) is 8.26. The van der Waals surface area contributed by atoms with Gasteiger partial charge in [0.25, 0.3) is 0 Å². The fourth-order valence-corrected chi connectivity index (χ4v) is 2.91. The molecule has 1 fully saturated rings. The lowest BCUT2D eigenvalue weighted by molar-refractivity contribution is 0.252. The van der Waals surface area contributed by atoms with Crippen molar-refractivity contribution in [2.45, 2.75) is 39.2 Å². The van der Waals surface area contributed by atoms with Gasteiger partial charge in [0.05, 0.1) is 18.4 Å². The third kappa shape index (κ3) is 2.84. The number of benzene rings is 1. The minimum Gasteiger partial charge on any atom is -0.495 e.